The minimum absolute atomic E-state index is 0.468. The van der Waals surface area contributed by atoms with Crippen LogP contribution in [0.2, 0.25) is 0 Å². The number of nitrogens with zero attached hydrogens (tertiary/aromatic N) is 1. The highest BCUT2D eigenvalue weighted by molar-refractivity contribution is 5.44. The zero-order valence-corrected chi connectivity index (χ0v) is 14.1. The molecule has 0 saturated carbocycles. The van der Waals surface area contributed by atoms with Crippen LogP contribution in [0.25, 0.3) is 0 Å². The quantitative estimate of drug-likeness (QED) is 0.774. The molecule has 0 radical (unpaired) electrons. The molecule has 0 N–H and O–H groups in total. The highest BCUT2D eigenvalue weighted by Crippen LogP contribution is 2.46. The zero-order chi connectivity index (χ0) is 15.6. The van der Waals surface area contributed by atoms with E-state index < -0.39 is 0 Å². The molecule has 2 aromatic rings. The van der Waals surface area contributed by atoms with E-state index in [0.717, 1.165) is 6.54 Å². The molecule has 116 valence electrons. The van der Waals surface area contributed by atoms with Gasteiger partial charge in [-0.05, 0) is 36.5 Å². The van der Waals surface area contributed by atoms with Crippen molar-refractivity contribution in [2.45, 2.75) is 45.6 Å². The first-order valence-electron chi connectivity index (χ1n) is 8.62. The van der Waals surface area contributed by atoms with E-state index in [4.69, 9.17) is 0 Å². The summed E-state index contributed by atoms with van der Waals surface area (Å²) in [6.07, 6.45) is 2.62. The number of hydrogen-bond donors (Lipinski definition) is 0. The summed E-state index contributed by atoms with van der Waals surface area (Å²) in [5.74, 6) is 0. The Morgan fingerprint density at radius 3 is 2.45 bits per heavy atom. The molecule has 1 spiro atoms. The van der Waals surface area contributed by atoms with Gasteiger partial charge in [-0.15, -0.1) is 0 Å². The predicted molar refractivity (Wildman–Crippen MR) is 94.2 cm³/mol. The highest BCUT2D eigenvalue weighted by atomic mass is 15.2. The van der Waals surface area contributed by atoms with Crippen molar-refractivity contribution in [3.63, 3.8) is 0 Å². The molecule has 2 aromatic carbocycles. The minimum Gasteiger partial charge on any atom is -0.297 e. The molecular formula is C21H27N. The second-order valence-corrected chi connectivity index (χ2v) is 6.57. The Bertz CT molecular complexity index is 624. The van der Waals surface area contributed by atoms with Gasteiger partial charge in [-0.3, -0.25) is 4.90 Å². The molecular weight excluding hydrogens is 266 g/mol. The van der Waals surface area contributed by atoms with E-state index in [-0.39, 0.29) is 0 Å². The van der Waals surface area contributed by atoms with Crippen molar-refractivity contribution in [1.82, 2.24) is 4.90 Å². The van der Waals surface area contributed by atoms with Crippen molar-refractivity contribution in [3.05, 3.63) is 70.8 Å². The number of aryl methyl sites for hydroxylation is 2. The van der Waals surface area contributed by atoms with E-state index in [2.05, 4.69) is 60.4 Å². The van der Waals surface area contributed by atoms with Crippen molar-refractivity contribution in [2.75, 3.05) is 13.1 Å². The van der Waals surface area contributed by atoms with Gasteiger partial charge in [-0.2, -0.15) is 0 Å². The molecule has 4 rings (SSSR count). The molecule has 1 heterocycles. The molecule has 1 heteroatoms. The van der Waals surface area contributed by atoms with E-state index in [9.17, 15) is 0 Å². The molecule has 0 unspecified atom stereocenters. The largest absolute Gasteiger partial charge is 0.297 e. The zero-order valence-electron chi connectivity index (χ0n) is 14.1. The molecule has 1 fully saturated rings. The van der Waals surface area contributed by atoms with Crippen LogP contribution in [0.1, 0.15) is 42.5 Å². The third-order valence-corrected chi connectivity index (χ3v) is 5.01. The summed E-state index contributed by atoms with van der Waals surface area (Å²) in [7, 11) is 0. The molecule has 1 saturated heterocycles. The van der Waals surface area contributed by atoms with Gasteiger partial charge in [0.05, 0.1) is 0 Å². The van der Waals surface area contributed by atoms with Crippen molar-refractivity contribution in [1.29, 1.82) is 0 Å². The first-order chi connectivity index (χ1) is 10.8. The summed E-state index contributed by atoms with van der Waals surface area (Å²) in [4.78, 5) is 2.59. The van der Waals surface area contributed by atoms with Crippen molar-refractivity contribution in [3.8, 4) is 0 Å². The van der Waals surface area contributed by atoms with Crippen LogP contribution >= 0.6 is 0 Å². The number of benzene rings is 2. The van der Waals surface area contributed by atoms with Gasteiger partial charge in [0, 0.05) is 25.0 Å². The number of likely N-dealkylation sites (tertiary alicyclic amines) is 1. The lowest BCUT2D eigenvalue weighted by Crippen LogP contribution is -2.57. The number of fused-ring (bicyclic) bond motifs is 2. The molecule has 22 heavy (non-hydrogen) atoms. The summed E-state index contributed by atoms with van der Waals surface area (Å²) >= 11 is 0. The van der Waals surface area contributed by atoms with Crippen molar-refractivity contribution < 1.29 is 0 Å². The average Bonchev–Trinajstić information content (AvgIpc) is 2.89. The maximum atomic E-state index is 2.59. The normalized spacial score (nSPS) is 18.3. The fourth-order valence-corrected chi connectivity index (χ4v) is 4.00. The minimum atomic E-state index is 0.468. The molecule has 1 aliphatic carbocycles. The van der Waals surface area contributed by atoms with Crippen LogP contribution in [0, 0.1) is 6.92 Å². The van der Waals surface area contributed by atoms with E-state index in [1.54, 1.807) is 11.1 Å². The highest BCUT2D eigenvalue weighted by Gasteiger charge is 2.47. The SMILES string of the molecule is CC.Cc1ccc2c(c1)C1(CC2)CN(Cc2ccccc2)C1. The summed E-state index contributed by atoms with van der Waals surface area (Å²) in [5, 5.41) is 0. The Kier molecular flexibility index (Phi) is 4.35. The number of rotatable bonds is 2. The van der Waals surface area contributed by atoms with Gasteiger partial charge in [-0.1, -0.05) is 67.9 Å². The second-order valence-electron chi connectivity index (χ2n) is 6.57. The van der Waals surface area contributed by atoms with Gasteiger partial charge in [0.1, 0.15) is 0 Å². The van der Waals surface area contributed by atoms with Crippen LogP contribution in [-0.2, 0) is 18.4 Å². The summed E-state index contributed by atoms with van der Waals surface area (Å²) in [6.45, 7) is 9.78. The average molecular weight is 293 g/mol. The Labute approximate surface area is 135 Å². The van der Waals surface area contributed by atoms with Crippen LogP contribution in [-0.4, -0.2) is 18.0 Å². The summed E-state index contributed by atoms with van der Waals surface area (Å²) in [5.41, 5.74) is 6.55. The van der Waals surface area contributed by atoms with Gasteiger partial charge in [-0.25, -0.2) is 0 Å². The fourth-order valence-electron chi connectivity index (χ4n) is 4.00. The Hall–Kier alpha value is -1.60. The Morgan fingerprint density at radius 2 is 1.73 bits per heavy atom. The third kappa shape index (κ3) is 2.70. The lowest BCUT2D eigenvalue weighted by molar-refractivity contribution is 0.0583. The third-order valence-electron chi connectivity index (χ3n) is 5.01. The monoisotopic (exact) mass is 293 g/mol. The topological polar surface area (TPSA) is 3.24 Å². The van der Waals surface area contributed by atoms with Gasteiger partial charge >= 0.3 is 0 Å². The Balaban J connectivity index is 0.000000693. The molecule has 1 aliphatic heterocycles. The molecule has 0 amide bonds. The molecule has 1 nitrogen and oxygen atoms in total. The lowest BCUT2D eigenvalue weighted by Gasteiger charge is -2.49. The molecule has 0 aromatic heterocycles. The van der Waals surface area contributed by atoms with Crippen LogP contribution in [0.3, 0.4) is 0 Å². The summed E-state index contributed by atoms with van der Waals surface area (Å²) < 4.78 is 0. The van der Waals surface area contributed by atoms with Crippen molar-refractivity contribution in [2.24, 2.45) is 0 Å². The van der Waals surface area contributed by atoms with Gasteiger partial charge in [0.25, 0.3) is 0 Å². The fraction of sp³-hybridized carbons (Fsp3) is 0.429. The maximum absolute atomic E-state index is 2.59. The van der Waals surface area contributed by atoms with E-state index in [1.807, 2.05) is 13.8 Å². The molecule has 2 aliphatic rings. The predicted octanol–water partition coefficient (Wildman–Crippen LogP) is 4.72. The van der Waals surface area contributed by atoms with Crippen LogP contribution in [0.15, 0.2) is 48.5 Å². The first kappa shape index (κ1) is 15.3. The first-order valence-corrected chi connectivity index (χ1v) is 8.62. The van der Waals surface area contributed by atoms with Crippen LogP contribution in [0.4, 0.5) is 0 Å². The van der Waals surface area contributed by atoms with Crippen LogP contribution in [0.5, 0.6) is 0 Å². The van der Waals surface area contributed by atoms with Gasteiger partial charge < -0.3 is 0 Å². The Morgan fingerprint density at radius 1 is 1.00 bits per heavy atom. The van der Waals surface area contributed by atoms with E-state index >= 15 is 0 Å². The second kappa shape index (κ2) is 6.26. The van der Waals surface area contributed by atoms with Crippen LogP contribution < -0.4 is 0 Å². The van der Waals surface area contributed by atoms with Crippen molar-refractivity contribution >= 4 is 0 Å². The maximum Gasteiger partial charge on any atom is 0.0234 e. The van der Waals surface area contributed by atoms with E-state index in [1.165, 1.54) is 37.1 Å². The smallest absolute Gasteiger partial charge is 0.0234 e. The molecule has 0 atom stereocenters. The lowest BCUT2D eigenvalue weighted by atomic mass is 9.74. The van der Waals surface area contributed by atoms with Gasteiger partial charge in [0.15, 0.2) is 0 Å². The van der Waals surface area contributed by atoms with E-state index in [0.29, 0.717) is 5.41 Å². The van der Waals surface area contributed by atoms with Gasteiger partial charge in [0.2, 0.25) is 0 Å². The molecule has 0 bridgehead atoms. The number of hydrogen-bond acceptors (Lipinski definition) is 1. The standard InChI is InChI=1S/C19H21N.C2H6/c1-15-7-8-17-9-10-19(18(17)11-15)13-20(14-19)12-16-5-3-2-4-6-16;1-2/h2-8,11H,9-10,12-14H2,1H3;1-2H3. The summed E-state index contributed by atoms with van der Waals surface area (Å²) in [6, 6.07) is 17.9.